The molecule has 0 N–H and O–H groups in total. The Bertz CT molecular complexity index is 506. The van der Waals surface area contributed by atoms with Crippen LogP contribution in [0.5, 0.6) is 0 Å². The van der Waals surface area contributed by atoms with E-state index < -0.39 is 5.54 Å². The van der Waals surface area contributed by atoms with Crippen molar-refractivity contribution < 1.29 is 14.4 Å². The van der Waals surface area contributed by atoms with Gasteiger partial charge in [-0.3, -0.25) is 4.90 Å². The molecule has 0 saturated carbocycles. The second-order valence-corrected chi connectivity index (χ2v) is 5.58. The normalized spacial score (nSPS) is 17.6. The van der Waals surface area contributed by atoms with Gasteiger partial charge < -0.3 is 9.57 Å². The van der Waals surface area contributed by atoms with Gasteiger partial charge in [0.1, 0.15) is 5.54 Å². The quantitative estimate of drug-likeness (QED) is 0.484. The summed E-state index contributed by atoms with van der Waals surface area (Å²) in [5, 5.41) is 3.96. The monoisotopic (exact) mass is 290 g/mol. The minimum atomic E-state index is -0.704. The fourth-order valence-corrected chi connectivity index (χ4v) is 2.21. The molecule has 0 atom stereocenters. The Morgan fingerprint density at radius 3 is 2.48 bits per heavy atom. The van der Waals surface area contributed by atoms with Crippen LogP contribution in [0.15, 0.2) is 35.5 Å². The van der Waals surface area contributed by atoms with E-state index in [9.17, 15) is 4.79 Å². The highest BCUT2D eigenvalue weighted by Gasteiger charge is 2.37. The maximum atomic E-state index is 12.3. The lowest BCUT2D eigenvalue weighted by molar-refractivity contribution is -0.159. The molecule has 1 aromatic carbocycles. The van der Waals surface area contributed by atoms with Crippen molar-refractivity contribution in [2.75, 3.05) is 26.3 Å². The van der Waals surface area contributed by atoms with Crippen molar-refractivity contribution >= 4 is 11.7 Å². The Morgan fingerprint density at radius 2 is 1.86 bits per heavy atom. The first-order valence-electron chi connectivity index (χ1n) is 7.16. The molecule has 1 saturated heterocycles. The number of oxime groups is 1. The van der Waals surface area contributed by atoms with Gasteiger partial charge in [0.25, 0.3) is 0 Å². The molecule has 0 bridgehead atoms. The zero-order valence-corrected chi connectivity index (χ0v) is 12.8. The van der Waals surface area contributed by atoms with Crippen LogP contribution < -0.4 is 0 Å². The van der Waals surface area contributed by atoms with E-state index in [-0.39, 0.29) is 5.97 Å². The highest BCUT2D eigenvalue weighted by Crippen LogP contribution is 2.18. The van der Waals surface area contributed by atoms with Crippen molar-refractivity contribution in [1.82, 2.24) is 4.90 Å². The number of benzene rings is 1. The second kappa shape index (κ2) is 6.83. The standard InChI is InChI=1S/C16H22N2O3/c1-13(14-7-5-4-6-8-14)17-21-15(19)16(2,3)18-9-11-20-12-10-18/h4-8H,9-12H2,1-3H3. The van der Waals surface area contributed by atoms with Crippen molar-refractivity contribution in [1.29, 1.82) is 0 Å². The molecule has 0 aromatic heterocycles. The van der Waals surface area contributed by atoms with Gasteiger partial charge in [-0.1, -0.05) is 35.5 Å². The summed E-state index contributed by atoms with van der Waals surface area (Å²) in [5.74, 6) is -0.348. The Morgan fingerprint density at radius 1 is 1.24 bits per heavy atom. The lowest BCUT2D eigenvalue weighted by atomic mass is 10.0. The summed E-state index contributed by atoms with van der Waals surface area (Å²) in [6.45, 7) is 8.27. The van der Waals surface area contributed by atoms with Crippen molar-refractivity contribution in [3.05, 3.63) is 35.9 Å². The Balaban J connectivity index is 2.00. The van der Waals surface area contributed by atoms with E-state index in [0.29, 0.717) is 18.9 Å². The van der Waals surface area contributed by atoms with Crippen molar-refractivity contribution in [3.8, 4) is 0 Å². The molecular formula is C16H22N2O3. The third-order valence-electron chi connectivity index (χ3n) is 3.76. The van der Waals surface area contributed by atoms with Crippen LogP contribution in [-0.2, 0) is 14.4 Å². The van der Waals surface area contributed by atoms with E-state index in [4.69, 9.17) is 9.57 Å². The molecule has 1 aliphatic heterocycles. The third-order valence-corrected chi connectivity index (χ3v) is 3.76. The predicted molar refractivity (Wildman–Crippen MR) is 81.2 cm³/mol. The highest BCUT2D eigenvalue weighted by molar-refractivity contribution is 5.98. The average molecular weight is 290 g/mol. The lowest BCUT2D eigenvalue weighted by Gasteiger charge is -2.37. The molecule has 114 valence electrons. The van der Waals surface area contributed by atoms with Crippen molar-refractivity contribution in [2.24, 2.45) is 5.16 Å². The van der Waals surface area contributed by atoms with E-state index in [1.54, 1.807) is 0 Å². The molecule has 5 heteroatoms. The summed E-state index contributed by atoms with van der Waals surface area (Å²) in [6, 6.07) is 9.64. The molecule has 1 aliphatic rings. The summed E-state index contributed by atoms with van der Waals surface area (Å²) in [5.41, 5.74) is 0.917. The maximum Gasteiger partial charge on any atom is 0.354 e. The highest BCUT2D eigenvalue weighted by atomic mass is 16.7. The van der Waals surface area contributed by atoms with Gasteiger partial charge in [0.15, 0.2) is 0 Å². The molecule has 21 heavy (non-hydrogen) atoms. The van der Waals surface area contributed by atoms with Crippen LogP contribution in [0.25, 0.3) is 0 Å². The fourth-order valence-electron chi connectivity index (χ4n) is 2.21. The zero-order valence-electron chi connectivity index (χ0n) is 12.8. The van der Waals surface area contributed by atoms with E-state index in [2.05, 4.69) is 10.1 Å². The van der Waals surface area contributed by atoms with Gasteiger partial charge in [0.05, 0.1) is 18.9 Å². The Hall–Kier alpha value is -1.72. The predicted octanol–water partition coefficient (Wildman–Crippen LogP) is 2.06. The molecule has 0 aliphatic carbocycles. The molecule has 1 heterocycles. The number of carbonyl (C=O) groups is 1. The van der Waals surface area contributed by atoms with Gasteiger partial charge in [0.2, 0.25) is 0 Å². The van der Waals surface area contributed by atoms with Gasteiger partial charge in [-0.2, -0.15) is 0 Å². The topological polar surface area (TPSA) is 51.1 Å². The number of hydrogen-bond donors (Lipinski definition) is 0. The van der Waals surface area contributed by atoms with Crippen LogP contribution >= 0.6 is 0 Å². The Labute approximate surface area is 125 Å². The van der Waals surface area contributed by atoms with Gasteiger partial charge in [-0.25, -0.2) is 4.79 Å². The van der Waals surface area contributed by atoms with Crippen LogP contribution in [0, 0.1) is 0 Å². The fraction of sp³-hybridized carbons (Fsp3) is 0.500. The van der Waals surface area contributed by atoms with Gasteiger partial charge >= 0.3 is 5.97 Å². The van der Waals surface area contributed by atoms with Gasteiger partial charge in [0, 0.05) is 13.1 Å². The summed E-state index contributed by atoms with van der Waals surface area (Å²) in [7, 11) is 0. The summed E-state index contributed by atoms with van der Waals surface area (Å²) in [4.78, 5) is 19.5. The molecule has 0 amide bonds. The molecule has 0 spiro atoms. The van der Waals surface area contributed by atoms with E-state index in [0.717, 1.165) is 18.7 Å². The molecule has 0 radical (unpaired) electrons. The summed E-state index contributed by atoms with van der Waals surface area (Å²) in [6.07, 6.45) is 0. The first kappa shape index (κ1) is 15.7. The lowest BCUT2D eigenvalue weighted by Crippen LogP contribution is -2.54. The first-order valence-corrected chi connectivity index (χ1v) is 7.16. The largest absolute Gasteiger partial charge is 0.379 e. The summed E-state index contributed by atoms with van der Waals surface area (Å²) < 4.78 is 5.31. The number of nitrogens with zero attached hydrogens (tertiary/aromatic N) is 2. The second-order valence-electron chi connectivity index (χ2n) is 5.58. The van der Waals surface area contributed by atoms with Gasteiger partial charge in [-0.15, -0.1) is 0 Å². The first-order chi connectivity index (χ1) is 10.0. The zero-order chi connectivity index (χ0) is 15.3. The van der Waals surface area contributed by atoms with Crippen LogP contribution in [0.1, 0.15) is 26.3 Å². The van der Waals surface area contributed by atoms with Crippen LogP contribution in [0.2, 0.25) is 0 Å². The number of hydrogen-bond acceptors (Lipinski definition) is 5. The molecule has 5 nitrogen and oxygen atoms in total. The van der Waals surface area contributed by atoms with E-state index >= 15 is 0 Å². The van der Waals surface area contributed by atoms with Crippen LogP contribution in [0.3, 0.4) is 0 Å². The average Bonchev–Trinajstić information content (AvgIpc) is 2.53. The van der Waals surface area contributed by atoms with Crippen molar-refractivity contribution in [3.63, 3.8) is 0 Å². The molecule has 1 fully saturated rings. The van der Waals surface area contributed by atoms with E-state index in [1.165, 1.54) is 0 Å². The van der Waals surface area contributed by atoms with Crippen LogP contribution in [0.4, 0.5) is 0 Å². The third kappa shape index (κ3) is 3.89. The molecule has 2 rings (SSSR count). The number of rotatable bonds is 4. The minimum absolute atomic E-state index is 0.348. The maximum absolute atomic E-state index is 12.3. The Kier molecular flexibility index (Phi) is 5.09. The van der Waals surface area contributed by atoms with Crippen LogP contribution in [-0.4, -0.2) is 48.4 Å². The molecule has 0 unspecified atom stereocenters. The van der Waals surface area contributed by atoms with Crippen molar-refractivity contribution in [2.45, 2.75) is 26.3 Å². The smallest absolute Gasteiger partial charge is 0.354 e. The number of ether oxygens (including phenoxy) is 1. The minimum Gasteiger partial charge on any atom is -0.379 e. The number of morpholine rings is 1. The molecule has 1 aromatic rings. The summed E-state index contributed by atoms with van der Waals surface area (Å²) >= 11 is 0. The molecular weight excluding hydrogens is 268 g/mol. The number of carbonyl (C=O) groups excluding carboxylic acids is 1. The van der Waals surface area contributed by atoms with Gasteiger partial charge in [-0.05, 0) is 26.3 Å². The van der Waals surface area contributed by atoms with E-state index in [1.807, 2.05) is 51.1 Å². The SMILES string of the molecule is CC(=NOC(=O)C(C)(C)N1CCOCC1)c1ccccc1.